The first-order chi connectivity index (χ1) is 24.2. The molecule has 0 spiro atoms. The third kappa shape index (κ3) is 8.41. The van der Waals surface area contributed by atoms with Crippen LogP contribution in [-0.2, 0) is 46.3 Å². The van der Waals surface area contributed by atoms with Crippen LogP contribution in [0.1, 0.15) is 56.1 Å². The van der Waals surface area contributed by atoms with Crippen LogP contribution in [-0.4, -0.2) is 54.8 Å². The van der Waals surface area contributed by atoms with Crippen LogP contribution in [0.2, 0.25) is 0 Å². The third-order valence-corrected chi connectivity index (χ3v) is 8.16. The molecule has 0 saturated carbocycles. The number of carbonyl (C=O) groups is 1. The van der Waals surface area contributed by atoms with Crippen LogP contribution in [0, 0.1) is 11.6 Å². The number of alkyl halides is 3. The Balaban J connectivity index is 2.17. The molecule has 1 aliphatic heterocycles. The number of nitrogens with zero attached hydrogens (tertiary/aromatic N) is 2. The number of methoxy groups -OCH3 is 1. The van der Waals surface area contributed by atoms with E-state index < -0.39 is 92.2 Å². The molecule has 3 aromatic carbocycles. The van der Waals surface area contributed by atoms with Gasteiger partial charge in [0.15, 0.2) is 29.5 Å². The maximum Gasteiger partial charge on any atom is 0.416 e. The molecule has 1 aliphatic rings. The van der Waals surface area contributed by atoms with E-state index in [0.717, 1.165) is 30.2 Å². The Morgan fingerprint density at radius 3 is 2.12 bits per heavy atom. The SMILES string of the molecule is COc1cccc(C2=C(C)N(Cc3c(F)cccc3C(F)(F)F)C(=C=O)N(C(C(=O)OC(C)(C)C)[C@H](OS(N)(=O)=O)c3ccccc3)C2=C=O)c1F. The largest absolute Gasteiger partial charge is 0.494 e. The number of esters is 1. The summed E-state index contributed by atoms with van der Waals surface area (Å²) in [5.74, 6) is -2.02. The molecule has 52 heavy (non-hydrogen) atoms. The highest BCUT2D eigenvalue weighted by atomic mass is 32.2. The number of benzene rings is 3. The smallest absolute Gasteiger partial charge is 0.416 e. The lowest BCUT2D eigenvalue weighted by Crippen LogP contribution is -2.53. The molecule has 276 valence electrons. The molecule has 17 heteroatoms. The Morgan fingerprint density at radius 1 is 0.942 bits per heavy atom. The minimum absolute atomic E-state index is 0.0803. The van der Waals surface area contributed by atoms with Crippen molar-refractivity contribution in [2.45, 2.75) is 58.2 Å². The first kappa shape index (κ1) is 39.5. The fourth-order valence-corrected chi connectivity index (χ4v) is 6.13. The van der Waals surface area contributed by atoms with Gasteiger partial charge in [-0.25, -0.2) is 32.5 Å². The summed E-state index contributed by atoms with van der Waals surface area (Å²) in [6, 6.07) is 10.6. The van der Waals surface area contributed by atoms with E-state index in [-0.39, 0.29) is 17.0 Å². The van der Waals surface area contributed by atoms with Crippen LogP contribution in [0.5, 0.6) is 5.75 Å². The third-order valence-electron chi connectivity index (χ3n) is 7.69. The molecular formula is C35H32F5N3O8S. The zero-order chi connectivity index (χ0) is 38.8. The first-order valence-corrected chi connectivity index (χ1v) is 16.7. The maximum absolute atomic E-state index is 16.1. The van der Waals surface area contributed by atoms with Crippen molar-refractivity contribution in [1.29, 1.82) is 0 Å². The lowest BCUT2D eigenvalue weighted by molar-refractivity contribution is -0.164. The highest BCUT2D eigenvalue weighted by molar-refractivity contribution is 7.84. The molecule has 0 aliphatic carbocycles. The molecule has 1 unspecified atom stereocenters. The van der Waals surface area contributed by atoms with Crippen LogP contribution >= 0.6 is 0 Å². The zero-order valence-electron chi connectivity index (χ0n) is 28.2. The molecule has 0 amide bonds. The number of hydrogen-bond acceptors (Lipinski definition) is 10. The molecule has 0 fully saturated rings. The van der Waals surface area contributed by atoms with E-state index in [0.29, 0.717) is 11.0 Å². The monoisotopic (exact) mass is 749 g/mol. The molecule has 0 bridgehead atoms. The summed E-state index contributed by atoms with van der Waals surface area (Å²) in [5, 5.41) is 5.28. The van der Waals surface area contributed by atoms with Gasteiger partial charge in [0.1, 0.15) is 23.2 Å². The lowest BCUT2D eigenvalue weighted by atomic mass is 9.92. The number of allylic oxidation sites excluding steroid dienone is 2. The summed E-state index contributed by atoms with van der Waals surface area (Å²) in [5.41, 5.74) is -5.85. The minimum Gasteiger partial charge on any atom is -0.494 e. The van der Waals surface area contributed by atoms with Crippen LogP contribution < -0.4 is 9.88 Å². The summed E-state index contributed by atoms with van der Waals surface area (Å²) in [6.45, 7) is 4.39. The van der Waals surface area contributed by atoms with Crippen molar-refractivity contribution in [1.82, 2.24) is 9.80 Å². The van der Waals surface area contributed by atoms with Gasteiger partial charge in [-0.3, -0.25) is 4.90 Å². The van der Waals surface area contributed by atoms with Crippen molar-refractivity contribution in [2.24, 2.45) is 5.14 Å². The molecule has 0 radical (unpaired) electrons. The highest BCUT2D eigenvalue weighted by Gasteiger charge is 2.49. The summed E-state index contributed by atoms with van der Waals surface area (Å²) < 4.78 is 115. The topological polar surface area (TPSA) is 146 Å². The molecule has 3 aromatic rings. The molecular weight excluding hydrogens is 717 g/mol. The Hall–Kier alpha value is -5.31. The quantitative estimate of drug-likeness (QED) is 0.158. The van der Waals surface area contributed by atoms with Gasteiger partial charge in [0.2, 0.25) is 5.82 Å². The van der Waals surface area contributed by atoms with Crippen LogP contribution in [0.3, 0.4) is 0 Å². The molecule has 1 heterocycles. The standard InChI is InChI=1S/C35H32F5N3O8S/c1-20-29(22-13-9-16-27(49-5)30(22)37)26(18-44)43(28(19-45)42(20)17-23-24(35(38,39)40)14-10-15-25(23)36)31(33(46)50-34(2,3)4)32(51-52(41,47)48)21-11-7-6-8-12-21/h6-16,31-32H,17H2,1-5H3,(H2,41,47,48)/t31?,32-/m1/s1. The summed E-state index contributed by atoms with van der Waals surface area (Å²) in [6.07, 6.45) is -7.17. The normalized spacial score (nSPS) is 15.2. The number of halogens is 5. The number of rotatable bonds is 10. The van der Waals surface area contributed by atoms with Gasteiger partial charge >= 0.3 is 22.4 Å². The molecule has 4 rings (SSSR count). The fourth-order valence-electron chi connectivity index (χ4n) is 5.62. The average Bonchev–Trinajstić information content (AvgIpc) is 3.05. The van der Waals surface area contributed by atoms with Crippen molar-refractivity contribution in [3.8, 4) is 5.75 Å². The van der Waals surface area contributed by atoms with E-state index >= 15 is 8.78 Å². The second-order valence-corrected chi connectivity index (χ2v) is 13.5. The Labute approximate surface area is 295 Å². The summed E-state index contributed by atoms with van der Waals surface area (Å²) in [4.78, 5) is 41.7. The molecule has 0 saturated heterocycles. The van der Waals surface area contributed by atoms with Gasteiger partial charge in [0.05, 0.1) is 19.2 Å². The Morgan fingerprint density at radius 2 is 1.58 bits per heavy atom. The lowest BCUT2D eigenvalue weighted by Gasteiger charge is -2.45. The second kappa shape index (κ2) is 15.1. The zero-order valence-corrected chi connectivity index (χ0v) is 29.1. The van der Waals surface area contributed by atoms with Gasteiger partial charge < -0.3 is 14.4 Å². The van der Waals surface area contributed by atoms with E-state index in [1.807, 2.05) is 0 Å². The fraction of sp³-hybridized carbons (Fsp3) is 0.286. The highest BCUT2D eigenvalue weighted by Crippen LogP contribution is 2.45. The van der Waals surface area contributed by atoms with E-state index in [1.165, 1.54) is 76.1 Å². The first-order valence-electron chi connectivity index (χ1n) is 15.2. The van der Waals surface area contributed by atoms with Gasteiger partial charge in [0, 0.05) is 22.4 Å². The number of ether oxygens (including phenoxy) is 2. The molecule has 2 N–H and O–H groups in total. The van der Waals surface area contributed by atoms with Crippen molar-refractivity contribution in [2.75, 3.05) is 7.11 Å². The van der Waals surface area contributed by atoms with Crippen molar-refractivity contribution < 1.29 is 58.4 Å². The number of carbonyl (C=O) groups excluding carboxylic acids is 3. The van der Waals surface area contributed by atoms with Gasteiger partial charge in [-0.15, -0.1) is 0 Å². The average molecular weight is 750 g/mol. The second-order valence-electron chi connectivity index (χ2n) is 12.3. The van der Waals surface area contributed by atoms with Crippen molar-refractivity contribution in [3.63, 3.8) is 0 Å². The Bertz CT molecular complexity index is 2100. The Kier molecular flexibility index (Phi) is 11.5. The van der Waals surface area contributed by atoms with Crippen LogP contribution in [0.15, 0.2) is 83.9 Å². The van der Waals surface area contributed by atoms with E-state index in [2.05, 4.69) is 0 Å². The van der Waals surface area contributed by atoms with Gasteiger partial charge in [-0.05, 0) is 51.5 Å². The minimum atomic E-state index is -5.11. The molecule has 11 nitrogen and oxygen atoms in total. The molecule has 0 aromatic heterocycles. The number of nitrogens with two attached hydrogens (primary N) is 1. The predicted molar refractivity (Wildman–Crippen MR) is 176 cm³/mol. The van der Waals surface area contributed by atoms with E-state index in [4.69, 9.17) is 18.8 Å². The van der Waals surface area contributed by atoms with Crippen LogP contribution in [0.25, 0.3) is 5.57 Å². The van der Waals surface area contributed by atoms with Crippen molar-refractivity contribution >= 4 is 33.7 Å². The van der Waals surface area contributed by atoms with E-state index in [9.17, 15) is 36.0 Å². The molecule has 2 atom stereocenters. The van der Waals surface area contributed by atoms with Gasteiger partial charge in [-0.2, -0.15) is 21.6 Å². The number of hydrogen-bond donors (Lipinski definition) is 1. The van der Waals surface area contributed by atoms with Gasteiger partial charge in [0.25, 0.3) is 0 Å². The van der Waals surface area contributed by atoms with E-state index in [1.54, 1.807) is 5.94 Å². The predicted octanol–water partition coefficient (Wildman–Crippen LogP) is 5.60. The summed E-state index contributed by atoms with van der Waals surface area (Å²) >= 11 is 0. The maximum atomic E-state index is 16.1. The van der Waals surface area contributed by atoms with Crippen LogP contribution in [0.4, 0.5) is 22.0 Å². The summed E-state index contributed by atoms with van der Waals surface area (Å²) in [7, 11) is -3.85. The van der Waals surface area contributed by atoms with Gasteiger partial charge in [-0.1, -0.05) is 48.5 Å². The van der Waals surface area contributed by atoms with Crippen molar-refractivity contribution in [3.05, 3.63) is 118 Å².